The van der Waals surface area contributed by atoms with Crippen LogP contribution < -0.4 is 5.32 Å². The van der Waals surface area contributed by atoms with E-state index >= 15 is 0 Å². The summed E-state index contributed by atoms with van der Waals surface area (Å²) in [7, 11) is 0. The Morgan fingerprint density at radius 1 is 1.37 bits per heavy atom. The number of carbonyl (C=O) groups excluding carboxylic acids is 1. The lowest BCUT2D eigenvalue weighted by Crippen LogP contribution is -2.45. The van der Waals surface area contributed by atoms with Gasteiger partial charge in [-0.2, -0.15) is 0 Å². The average Bonchev–Trinajstić information content (AvgIpc) is 3.30. The van der Waals surface area contributed by atoms with Gasteiger partial charge in [0.15, 0.2) is 0 Å². The summed E-state index contributed by atoms with van der Waals surface area (Å²) in [6.07, 6.45) is 2.88. The highest BCUT2D eigenvalue weighted by atomic mass is 16.5. The molecule has 0 aliphatic heterocycles. The van der Waals surface area contributed by atoms with Crippen molar-refractivity contribution in [1.29, 1.82) is 0 Å². The Bertz CT molecular complexity index is 912. The molecule has 3 aromatic rings. The van der Waals surface area contributed by atoms with E-state index < -0.39 is 6.10 Å². The summed E-state index contributed by atoms with van der Waals surface area (Å²) in [5.74, 6) is 0.397. The molecule has 0 saturated heterocycles. The molecule has 8 nitrogen and oxygen atoms in total. The standard InChI is InChI=1S/C19H21N5O3/c1-12(25)17-11-24(23-21-17)10-13-7-15(8-13)20-19(26)18-9-16(22-27-18)14-5-3-2-4-6-14/h2-6,9,11-13,15,25H,7-8,10H2,1H3,(H,20,26)/t12-,13?,15?/m1/s1. The summed E-state index contributed by atoms with van der Waals surface area (Å²) >= 11 is 0. The van der Waals surface area contributed by atoms with Crippen LogP contribution in [0.15, 0.2) is 47.1 Å². The third-order valence-electron chi connectivity index (χ3n) is 4.80. The number of amides is 1. The van der Waals surface area contributed by atoms with Gasteiger partial charge in [-0.3, -0.25) is 9.48 Å². The van der Waals surface area contributed by atoms with Crippen molar-refractivity contribution in [1.82, 2.24) is 25.5 Å². The van der Waals surface area contributed by atoms with E-state index in [1.165, 1.54) is 0 Å². The summed E-state index contributed by atoms with van der Waals surface area (Å²) in [4.78, 5) is 12.3. The minimum atomic E-state index is -0.616. The molecule has 0 bridgehead atoms. The zero-order chi connectivity index (χ0) is 18.8. The van der Waals surface area contributed by atoms with E-state index in [4.69, 9.17) is 4.52 Å². The van der Waals surface area contributed by atoms with Crippen molar-refractivity contribution >= 4 is 5.91 Å². The maximum Gasteiger partial charge on any atom is 0.290 e. The zero-order valence-corrected chi connectivity index (χ0v) is 14.9. The van der Waals surface area contributed by atoms with E-state index in [0.717, 1.165) is 24.9 Å². The number of aliphatic hydroxyl groups is 1. The lowest BCUT2D eigenvalue weighted by molar-refractivity contribution is 0.0842. The Labute approximate surface area is 156 Å². The second-order valence-corrected chi connectivity index (χ2v) is 6.99. The minimum absolute atomic E-state index is 0.118. The van der Waals surface area contributed by atoms with Gasteiger partial charge in [0, 0.05) is 24.2 Å². The molecule has 4 rings (SSSR count). The average molecular weight is 367 g/mol. The predicted molar refractivity (Wildman–Crippen MR) is 96.6 cm³/mol. The van der Waals surface area contributed by atoms with Crippen LogP contribution in [-0.2, 0) is 6.54 Å². The number of rotatable bonds is 6. The molecular formula is C19H21N5O3. The van der Waals surface area contributed by atoms with Crippen molar-refractivity contribution in [3.8, 4) is 11.3 Å². The first kappa shape index (κ1) is 17.4. The molecule has 2 aromatic heterocycles. The predicted octanol–water partition coefficient (Wildman–Crippen LogP) is 2.20. The fraction of sp³-hybridized carbons (Fsp3) is 0.368. The molecular weight excluding hydrogens is 346 g/mol. The van der Waals surface area contributed by atoms with Crippen molar-refractivity contribution in [2.75, 3.05) is 0 Å². The van der Waals surface area contributed by atoms with Gasteiger partial charge in [0.25, 0.3) is 5.91 Å². The van der Waals surface area contributed by atoms with Gasteiger partial charge in [0.2, 0.25) is 5.76 Å². The molecule has 1 aliphatic carbocycles. The topological polar surface area (TPSA) is 106 Å². The number of aliphatic hydroxyl groups excluding tert-OH is 1. The fourth-order valence-electron chi connectivity index (χ4n) is 3.24. The molecule has 0 radical (unpaired) electrons. The smallest absolute Gasteiger partial charge is 0.290 e. The largest absolute Gasteiger partial charge is 0.387 e. The first-order valence-corrected chi connectivity index (χ1v) is 8.99. The van der Waals surface area contributed by atoms with Crippen LogP contribution in [0.25, 0.3) is 11.3 Å². The molecule has 27 heavy (non-hydrogen) atoms. The summed E-state index contributed by atoms with van der Waals surface area (Å²) < 4.78 is 6.93. The van der Waals surface area contributed by atoms with E-state index in [1.807, 2.05) is 30.3 Å². The molecule has 1 amide bonds. The Hall–Kier alpha value is -3.00. The maximum absolute atomic E-state index is 12.3. The van der Waals surface area contributed by atoms with Crippen molar-refractivity contribution in [2.45, 2.75) is 38.5 Å². The van der Waals surface area contributed by atoms with Gasteiger partial charge in [0.05, 0.1) is 12.3 Å². The zero-order valence-electron chi connectivity index (χ0n) is 14.9. The van der Waals surface area contributed by atoms with Gasteiger partial charge < -0.3 is 14.9 Å². The molecule has 1 saturated carbocycles. The number of aromatic nitrogens is 4. The van der Waals surface area contributed by atoms with Gasteiger partial charge in [-0.15, -0.1) is 5.10 Å². The molecule has 1 atom stereocenters. The summed E-state index contributed by atoms with van der Waals surface area (Å²) in [5.41, 5.74) is 2.12. The van der Waals surface area contributed by atoms with Gasteiger partial charge in [-0.25, -0.2) is 0 Å². The normalized spacial score (nSPS) is 20.1. The lowest BCUT2D eigenvalue weighted by Gasteiger charge is -2.35. The Kier molecular flexibility index (Phi) is 4.72. The number of hydrogen-bond acceptors (Lipinski definition) is 6. The van der Waals surface area contributed by atoms with Crippen LogP contribution in [0.5, 0.6) is 0 Å². The highest BCUT2D eigenvalue weighted by molar-refractivity contribution is 5.92. The van der Waals surface area contributed by atoms with Gasteiger partial charge >= 0.3 is 0 Å². The molecule has 1 aromatic carbocycles. The first-order chi connectivity index (χ1) is 13.1. The maximum atomic E-state index is 12.3. The first-order valence-electron chi connectivity index (χ1n) is 8.99. The second-order valence-electron chi connectivity index (χ2n) is 6.99. The van der Waals surface area contributed by atoms with Crippen LogP contribution in [0.3, 0.4) is 0 Å². The summed E-state index contributed by atoms with van der Waals surface area (Å²) in [6.45, 7) is 2.39. The molecule has 0 unspecified atom stereocenters. The molecule has 1 fully saturated rings. The number of carbonyl (C=O) groups is 1. The van der Waals surface area contributed by atoms with E-state index in [2.05, 4.69) is 20.8 Å². The molecule has 0 spiro atoms. The Balaban J connectivity index is 1.27. The van der Waals surface area contributed by atoms with Crippen molar-refractivity contribution < 1.29 is 14.4 Å². The monoisotopic (exact) mass is 367 g/mol. The third-order valence-corrected chi connectivity index (χ3v) is 4.80. The molecule has 140 valence electrons. The van der Waals surface area contributed by atoms with Crippen LogP contribution in [0, 0.1) is 5.92 Å². The quantitative estimate of drug-likeness (QED) is 0.692. The molecule has 2 N–H and O–H groups in total. The van der Waals surface area contributed by atoms with E-state index in [9.17, 15) is 9.90 Å². The number of nitrogens with one attached hydrogen (secondary N) is 1. The van der Waals surface area contributed by atoms with Crippen molar-refractivity contribution in [3.05, 3.63) is 54.0 Å². The Morgan fingerprint density at radius 2 is 2.15 bits per heavy atom. The number of benzene rings is 1. The van der Waals surface area contributed by atoms with Crippen molar-refractivity contribution in [3.63, 3.8) is 0 Å². The van der Waals surface area contributed by atoms with E-state index in [-0.39, 0.29) is 17.7 Å². The van der Waals surface area contributed by atoms with Crippen LogP contribution in [0.1, 0.15) is 42.1 Å². The minimum Gasteiger partial charge on any atom is -0.387 e. The highest BCUT2D eigenvalue weighted by Crippen LogP contribution is 2.29. The number of hydrogen-bond donors (Lipinski definition) is 2. The molecule has 8 heteroatoms. The van der Waals surface area contributed by atoms with Crippen LogP contribution in [0.2, 0.25) is 0 Å². The fourth-order valence-corrected chi connectivity index (χ4v) is 3.24. The summed E-state index contributed by atoms with van der Waals surface area (Å²) in [6, 6.07) is 11.4. The van der Waals surface area contributed by atoms with Gasteiger partial charge in [0.1, 0.15) is 11.4 Å². The SMILES string of the molecule is C[C@@H](O)c1cn(CC2CC(NC(=O)c3cc(-c4ccccc4)no3)C2)nn1. The van der Waals surface area contributed by atoms with Gasteiger partial charge in [-0.1, -0.05) is 40.7 Å². The van der Waals surface area contributed by atoms with Crippen molar-refractivity contribution in [2.24, 2.45) is 5.92 Å². The van der Waals surface area contributed by atoms with E-state index in [0.29, 0.717) is 17.3 Å². The van der Waals surface area contributed by atoms with Crippen LogP contribution >= 0.6 is 0 Å². The van der Waals surface area contributed by atoms with E-state index in [1.54, 1.807) is 23.9 Å². The van der Waals surface area contributed by atoms with Crippen LogP contribution in [-0.4, -0.2) is 37.2 Å². The van der Waals surface area contributed by atoms with Gasteiger partial charge in [-0.05, 0) is 25.7 Å². The lowest BCUT2D eigenvalue weighted by atomic mass is 9.80. The second kappa shape index (κ2) is 7.32. The molecule has 1 aliphatic rings. The van der Waals surface area contributed by atoms with Crippen LogP contribution in [0.4, 0.5) is 0 Å². The third kappa shape index (κ3) is 3.90. The highest BCUT2D eigenvalue weighted by Gasteiger charge is 2.32. The Morgan fingerprint density at radius 3 is 2.85 bits per heavy atom. The molecule has 2 heterocycles. The number of nitrogens with zero attached hydrogens (tertiary/aromatic N) is 4. The summed E-state index contributed by atoms with van der Waals surface area (Å²) in [5, 5.41) is 24.4.